The van der Waals surface area contributed by atoms with E-state index in [1.165, 1.54) is 0 Å². The summed E-state index contributed by atoms with van der Waals surface area (Å²) in [6.07, 6.45) is 1.63. The largest absolute Gasteiger partial charge is 0.460 e. The van der Waals surface area contributed by atoms with Crippen LogP contribution >= 0.6 is 11.6 Å². The Balaban J connectivity index is 1.72. The predicted octanol–water partition coefficient (Wildman–Crippen LogP) is 3.72. The molecule has 1 heterocycles. The minimum Gasteiger partial charge on any atom is -0.460 e. The second kappa shape index (κ2) is 5.19. The Morgan fingerprint density at radius 1 is 1.33 bits per heavy atom. The maximum absolute atomic E-state index is 12.4. The second-order valence-corrected chi connectivity index (χ2v) is 5.90. The molecule has 1 aromatic carbocycles. The van der Waals surface area contributed by atoms with Gasteiger partial charge in [-0.25, -0.2) is 0 Å². The minimum absolute atomic E-state index is 0.190. The van der Waals surface area contributed by atoms with Crippen molar-refractivity contribution in [2.45, 2.75) is 38.7 Å². The van der Waals surface area contributed by atoms with Crippen molar-refractivity contribution in [2.24, 2.45) is 0 Å². The van der Waals surface area contributed by atoms with Gasteiger partial charge >= 0.3 is 5.97 Å². The second-order valence-electron chi connectivity index (χ2n) is 5.47. The van der Waals surface area contributed by atoms with Crippen LogP contribution in [0.3, 0.4) is 0 Å². The van der Waals surface area contributed by atoms with Crippen LogP contribution in [0.25, 0.3) is 0 Å². The van der Waals surface area contributed by atoms with Gasteiger partial charge in [0.2, 0.25) is 0 Å². The van der Waals surface area contributed by atoms with Crippen LogP contribution in [-0.4, -0.2) is 11.1 Å². The SMILES string of the molecule is Cc1noc(C)c1COC(=O)C1(c2ccc(Cl)cc2)CC1. The van der Waals surface area contributed by atoms with E-state index in [-0.39, 0.29) is 12.6 Å². The summed E-state index contributed by atoms with van der Waals surface area (Å²) in [5.41, 5.74) is 2.08. The highest BCUT2D eigenvalue weighted by molar-refractivity contribution is 6.30. The van der Waals surface area contributed by atoms with E-state index in [9.17, 15) is 4.79 Å². The van der Waals surface area contributed by atoms with Crippen molar-refractivity contribution < 1.29 is 14.1 Å². The monoisotopic (exact) mass is 305 g/mol. The molecule has 0 N–H and O–H groups in total. The Kier molecular flexibility index (Phi) is 3.49. The standard InChI is InChI=1S/C16H16ClNO3/c1-10-14(11(2)21-18-10)9-20-15(19)16(7-8-16)12-3-5-13(17)6-4-12/h3-6H,7-9H2,1-2H3. The average Bonchev–Trinajstić information content (AvgIpc) is 3.21. The van der Waals surface area contributed by atoms with Crippen molar-refractivity contribution in [2.75, 3.05) is 0 Å². The first-order valence-electron chi connectivity index (χ1n) is 6.88. The van der Waals surface area contributed by atoms with Crippen LogP contribution in [0.4, 0.5) is 0 Å². The van der Waals surface area contributed by atoms with E-state index in [0.717, 1.165) is 29.7 Å². The highest BCUT2D eigenvalue weighted by Crippen LogP contribution is 2.49. The Hall–Kier alpha value is -1.81. The van der Waals surface area contributed by atoms with Gasteiger partial charge < -0.3 is 9.26 Å². The molecule has 3 rings (SSSR count). The molecular formula is C16H16ClNO3. The zero-order chi connectivity index (χ0) is 15.0. The van der Waals surface area contributed by atoms with Crippen molar-refractivity contribution >= 4 is 17.6 Å². The molecule has 1 aliphatic carbocycles. The number of carbonyl (C=O) groups is 1. The Labute approximate surface area is 128 Å². The van der Waals surface area contributed by atoms with Gasteiger partial charge in [-0.2, -0.15) is 0 Å². The predicted molar refractivity (Wildman–Crippen MR) is 78.1 cm³/mol. The molecule has 5 heteroatoms. The molecular weight excluding hydrogens is 290 g/mol. The van der Waals surface area contributed by atoms with Crippen LogP contribution < -0.4 is 0 Å². The lowest BCUT2D eigenvalue weighted by Gasteiger charge is -2.15. The third-order valence-electron chi connectivity index (χ3n) is 4.07. The summed E-state index contributed by atoms with van der Waals surface area (Å²) in [7, 11) is 0. The van der Waals surface area contributed by atoms with Crippen LogP contribution in [0.5, 0.6) is 0 Å². The van der Waals surface area contributed by atoms with Crippen molar-refractivity contribution in [3.05, 3.63) is 51.9 Å². The molecule has 1 aromatic heterocycles. The first kappa shape index (κ1) is 14.1. The van der Waals surface area contributed by atoms with Gasteiger partial charge in [0.1, 0.15) is 12.4 Å². The van der Waals surface area contributed by atoms with Crippen LogP contribution in [0.2, 0.25) is 5.02 Å². The van der Waals surface area contributed by atoms with E-state index in [2.05, 4.69) is 5.16 Å². The summed E-state index contributed by atoms with van der Waals surface area (Å²) in [5.74, 6) is 0.501. The molecule has 0 spiro atoms. The fraction of sp³-hybridized carbons (Fsp3) is 0.375. The van der Waals surface area contributed by atoms with E-state index in [0.29, 0.717) is 10.8 Å². The summed E-state index contributed by atoms with van der Waals surface area (Å²) in [6.45, 7) is 3.86. The van der Waals surface area contributed by atoms with Crippen molar-refractivity contribution in [3.63, 3.8) is 0 Å². The van der Waals surface area contributed by atoms with E-state index in [1.54, 1.807) is 12.1 Å². The summed E-state index contributed by atoms with van der Waals surface area (Å²) in [6, 6.07) is 7.40. The van der Waals surface area contributed by atoms with Gasteiger partial charge in [-0.1, -0.05) is 28.9 Å². The minimum atomic E-state index is -0.496. The zero-order valence-electron chi connectivity index (χ0n) is 12.0. The lowest BCUT2D eigenvalue weighted by atomic mass is 9.96. The third kappa shape index (κ3) is 2.56. The van der Waals surface area contributed by atoms with Crippen LogP contribution in [0.1, 0.15) is 35.4 Å². The first-order chi connectivity index (χ1) is 10.0. The average molecular weight is 306 g/mol. The number of hydrogen-bond acceptors (Lipinski definition) is 4. The number of carbonyl (C=O) groups excluding carboxylic acids is 1. The lowest BCUT2D eigenvalue weighted by Crippen LogP contribution is -2.23. The summed E-state index contributed by atoms with van der Waals surface area (Å²) < 4.78 is 10.6. The van der Waals surface area contributed by atoms with Gasteiger partial charge in [-0.15, -0.1) is 0 Å². The quantitative estimate of drug-likeness (QED) is 0.808. The number of nitrogens with zero attached hydrogens (tertiary/aromatic N) is 1. The van der Waals surface area contributed by atoms with Gasteiger partial charge in [-0.3, -0.25) is 4.79 Å². The molecule has 110 valence electrons. The topological polar surface area (TPSA) is 52.3 Å². The molecule has 1 saturated carbocycles. The van der Waals surface area contributed by atoms with E-state index in [1.807, 2.05) is 26.0 Å². The Morgan fingerprint density at radius 3 is 2.52 bits per heavy atom. The molecule has 4 nitrogen and oxygen atoms in total. The molecule has 2 aromatic rings. The van der Waals surface area contributed by atoms with Gasteiger partial charge in [-0.05, 0) is 44.4 Å². The fourth-order valence-electron chi connectivity index (χ4n) is 2.49. The number of esters is 1. The molecule has 21 heavy (non-hydrogen) atoms. The summed E-state index contributed by atoms with van der Waals surface area (Å²) in [5, 5.41) is 4.52. The summed E-state index contributed by atoms with van der Waals surface area (Å²) >= 11 is 5.89. The number of aryl methyl sites for hydroxylation is 2. The highest BCUT2D eigenvalue weighted by atomic mass is 35.5. The smallest absolute Gasteiger partial charge is 0.316 e. The van der Waals surface area contributed by atoms with Gasteiger partial charge in [0.15, 0.2) is 0 Å². The maximum atomic E-state index is 12.4. The highest BCUT2D eigenvalue weighted by Gasteiger charge is 2.52. The van der Waals surface area contributed by atoms with Crippen molar-refractivity contribution in [3.8, 4) is 0 Å². The van der Waals surface area contributed by atoms with Gasteiger partial charge in [0.25, 0.3) is 0 Å². The molecule has 0 saturated heterocycles. The Bertz CT molecular complexity index is 652. The lowest BCUT2D eigenvalue weighted by molar-refractivity contribution is -0.148. The number of aromatic nitrogens is 1. The number of ether oxygens (including phenoxy) is 1. The molecule has 0 radical (unpaired) electrons. The van der Waals surface area contributed by atoms with Gasteiger partial charge in [0, 0.05) is 5.02 Å². The van der Waals surface area contributed by atoms with Crippen LogP contribution in [0, 0.1) is 13.8 Å². The van der Waals surface area contributed by atoms with E-state index >= 15 is 0 Å². The first-order valence-corrected chi connectivity index (χ1v) is 7.26. The number of rotatable bonds is 4. The van der Waals surface area contributed by atoms with Crippen LogP contribution in [-0.2, 0) is 21.6 Å². The molecule has 0 amide bonds. The molecule has 0 aliphatic heterocycles. The van der Waals surface area contributed by atoms with E-state index < -0.39 is 5.41 Å². The molecule has 1 fully saturated rings. The third-order valence-corrected chi connectivity index (χ3v) is 4.32. The van der Waals surface area contributed by atoms with Crippen molar-refractivity contribution in [1.82, 2.24) is 5.16 Å². The molecule has 1 aliphatic rings. The molecule has 0 unspecified atom stereocenters. The number of hydrogen-bond donors (Lipinski definition) is 0. The van der Waals surface area contributed by atoms with Crippen LogP contribution in [0.15, 0.2) is 28.8 Å². The van der Waals surface area contributed by atoms with Gasteiger partial charge in [0.05, 0.1) is 16.7 Å². The summed E-state index contributed by atoms with van der Waals surface area (Å²) in [4.78, 5) is 12.4. The number of benzene rings is 1. The number of halogens is 1. The normalized spacial score (nSPS) is 15.8. The van der Waals surface area contributed by atoms with Crippen molar-refractivity contribution in [1.29, 1.82) is 0 Å². The molecule has 0 atom stereocenters. The zero-order valence-corrected chi connectivity index (χ0v) is 12.7. The maximum Gasteiger partial charge on any atom is 0.316 e. The Morgan fingerprint density at radius 2 is 2.00 bits per heavy atom. The van der Waals surface area contributed by atoms with E-state index in [4.69, 9.17) is 20.9 Å². The molecule has 0 bridgehead atoms. The fourth-order valence-corrected chi connectivity index (χ4v) is 2.61.